The van der Waals surface area contributed by atoms with Gasteiger partial charge in [-0.1, -0.05) is 93.7 Å². The summed E-state index contributed by atoms with van der Waals surface area (Å²) >= 11 is 9.54. The number of amides is 5. The van der Waals surface area contributed by atoms with Crippen LogP contribution in [0.25, 0.3) is 10.4 Å². The Kier molecular flexibility index (Phi) is 19.9. The van der Waals surface area contributed by atoms with Crippen LogP contribution in [0.5, 0.6) is 0 Å². The van der Waals surface area contributed by atoms with Crippen molar-refractivity contribution in [3.8, 4) is 10.4 Å². The fourth-order valence-corrected chi connectivity index (χ4v) is 10.7. The Bertz CT molecular complexity index is 2510. The first-order chi connectivity index (χ1) is 34.2. The topological polar surface area (TPSA) is 251 Å². The van der Waals surface area contributed by atoms with Crippen molar-refractivity contribution in [1.29, 1.82) is 0 Å². The van der Waals surface area contributed by atoms with E-state index in [9.17, 15) is 29.1 Å². The molecule has 4 aromatic rings. The van der Waals surface area contributed by atoms with Crippen molar-refractivity contribution in [2.75, 3.05) is 42.1 Å². The minimum atomic E-state index is -0.898. The number of halogens is 1. The van der Waals surface area contributed by atoms with Crippen molar-refractivity contribution in [3.63, 3.8) is 0 Å². The van der Waals surface area contributed by atoms with Gasteiger partial charge in [0.1, 0.15) is 22.9 Å². The molecule has 2 aliphatic heterocycles. The normalized spacial score (nSPS) is 17.5. The molecule has 0 unspecified atom stereocenters. The van der Waals surface area contributed by atoms with Gasteiger partial charge in [0, 0.05) is 62.3 Å². The number of benzene rings is 2. The third-order valence-electron chi connectivity index (χ3n) is 13.2. The summed E-state index contributed by atoms with van der Waals surface area (Å²) in [4.78, 5) is 85.1. The number of hydrogen-bond acceptors (Lipinski definition) is 14. The van der Waals surface area contributed by atoms with Crippen LogP contribution in [0.15, 0.2) is 64.1 Å². The van der Waals surface area contributed by atoms with Gasteiger partial charge in [0.25, 0.3) is 0 Å². The number of aromatic nitrogens is 3. The average Bonchev–Trinajstić information content (AvgIpc) is 3.95. The molecule has 2 fully saturated rings. The summed E-state index contributed by atoms with van der Waals surface area (Å²) in [7, 11) is 0. The quantitative estimate of drug-likeness (QED) is 0.0376. The van der Waals surface area contributed by atoms with Gasteiger partial charge in [0.05, 0.1) is 45.1 Å². The highest BCUT2D eigenvalue weighted by Gasteiger charge is 2.44. The standard InChI is InChI=1S/C52H72ClN11O6S2/c1-32(34-19-21-35(22-20-34)45-33(2)58-31-71-45)59-48(69)38-28-36(65)30-64(38)50(70)46(51(3,4)5)62-43(68)16-10-8-7-9-11-25-56-41(66)17-13-18-42(67)60-37-14-12-15-39(44(37)53)72-49-47(54)61-40(29-57-49)63-26-23-52(6,55)24-27-63/h12,14-15,19-22,29,31-32,36,38,46,65H,7-11,13,16-18,23-28,30,55H2,1-6H3,(H2,54,61)(H,56,66)(H,59,69)(H,60,67)(H,62,68)/t32-,36-,38+,46-/m1/s1. The summed E-state index contributed by atoms with van der Waals surface area (Å²) in [5.74, 6) is -0.401. The summed E-state index contributed by atoms with van der Waals surface area (Å²) in [5.41, 5.74) is 16.9. The predicted molar refractivity (Wildman–Crippen MR) is 286 cm³/mol. The molecule has 4 atom stereocenters. The number of aliphatic hydroxyl groups excluding tert-OH is 1. The second-order valence-corrected chi connectivity index (χ2v) is 22.7. The van der Waals surface area contributed by atoms with E-state index in [1.165, 1.54) is 16.7 Å². The number of likely N-dealkylation sites (tertiary alicyclic amines) is 1. The zero-order valence-electron chi connectivity index (χ0n) is 42.4. The molecule has 2 aliphatic rings. The Labute approximate surface area is 436 Å². The maximum atomic E-state index is 14.1. The average molecular weight is 1050 g/mol. The van der Waals surface area contributed by atoms with Crippen molar-refractivity contribution in [2.45, 2.75) is 158 Å². The van der Waals surface area contributed by atoms with E-state index in [0.717, 1.165) is 73.3 Å². The monoisotopic (exact) mass is 1050 g/mol. The molecule has 0 radical (unpaired) electrons. The van der Waals surface area contributed by atoms with Gasteiger partial charge in [0.2, 0.25) is 29.5 Å². The highest BCUT2D eigenvalue weighted by molar-refractivity contribution is 7.99. The van der Waals surface area contributed by atoms with E-state index >= 15 is 0 Å². The van der Waals surface area contributed by atoms with Crippen molar-refractivity contribution < 1.29 is 29.1 Å². The number of carbonyl (C=O) groups excluding carboxylic acids is 5. The molecule has 390 valence electrons. The molecule has 2 aromatic heterocycles. The van der Waals surface area contributed by atoms with Crippen molar-refractivity contribution in [2.24, 2.45) is 11.1 Å². The first kappa shape index (κ1) is 56.0. The maximum Gasteiger partial charge on any atom is 0.246 e. The number of nitrogens with two attached hydrogens (primary N) is 2. The number of nitrogens with zero attached hydrogens (tertiary/aromatic N) is 5. The molecule has 0 spiro atoms. The Hall–Kier alpha value is -5.34. The van der Waals surface area contributed by atoms with Gasteiger partial charge >= 0.3 is 0 Å². The summed E-state index contributed by atoms with van der Waals surface area (Å²) in [5, 5.41) is 23.3. The van der Waals surface area contributed by atoms with Crippen LogP contribution in [0.4, 0.5) is 17.3 Å². The molecule has 0 aliphatic carbocycles. The van der Waals surface area contributed by atoms with Gasteiger partial charge in [-0.3, -0.25) is 24.0 Å². The molecule has 0 bridgehead atoms. The lowest BCUT2D eigenvalue weighted by atomic mass is 9.85. The number of rotatable bonds is 22. The maximum absolute atomic E-state index is 14.1. The van der Waals surface area contributed by atoms with E-state index in [1.54, 1.807) is 29.7 Å². The number of carbonyl (C=O) groups is 5. The number of piperidine rings is 1. The number of nitrogen functional groups attached to an aromatic ring is 1. The number of thiazole rings is 1. The number of unbranched alkanes of at least 4 members (excludes halogenated alkanes) is 4. The number of hydrogen-bond donors (Lipinski definition) is 7. The van der Waals surface area contributed by atoms with Crippen LogP contribution >= 0.6 is 34.7 Å². The van der Waals surface area contributed by atoms with E-state index in [0.29, 0.717) is 45.8 Å². The molecule has 5 amide bonds. The first-order valence-electron chi connectivity index (χ1n) is 25.0. The predicted octanol–water partition coefficient (Wildman–Crippen LogP) is 7.55. The number of aryl methyl sites for hydroxylation is 1. The van der Waals surface area contributed by atoms with E-state index in [1.807, 2.05) is 70.5 Å². The van der Waals surface area contributed by atoms with Crippen LogP contribution in [0.2, 0.25) is 5.02 Å². The van der Waals surface area contributed by atoms with Crippen LogP contribution in [0.3, 0.4) is 0 Å². The molecule has 4 heterocycles. The second-order valence-electron chi connectivity index (χ2n) is 20.4. The number of nitrogens with one attached hydrogen (secondary N) is 4. The Morgan fingerprint density at radius 3 is 2.29 bits per heavy atom. The van der Waals surface area contributed by atoms with Crippen LogP contribution in [0.1, 0.15) is 129 Å². The number of aliphatic hydroxyl groups is 1. The van der Waals surface area contributed by atoms with Crippen LogP contribution in [0, 0.1) is 12.3 Å². The molecular formula is C52H72ClN11O6S2. The molecule has 6 rings (SSSR count). The summed E-state index contributed by atoms with van der Waals surface area (Å²) in [6, 6.07) is 11.1. The van der Waals surface area contributed by atoms with Crippen molar-refractivity contribution in [3.05, 3.63) is 70.5 Å². The molecular weight excluding hydrogens is 974 g/mol. The van der Waals surface area contributed by atoms with E-state index in [2.05, 4.69) is 48.0 Å². The molecule has 17 nitrogen and oxygen atoms in total. The third kappa shape index (κ3) is 15.8. The van der Waals surface area contributed by atoms with Gasteiger partial charge < -0.3 is 47.6 Å². The minimum absolute atomic E-state index is 0.000460. The Balaban J connectivity index is 0.841. The van der Waals surface area contributed by atoms with Gasteiger partial charge in [-0.25, -0.2) is 15.0 Å². The van der Waals surface area contributed by atoms with Gasteiger partial charge in [-0.15, -0.1) is 11.3 Å². The minimum Gasteiger partial charge on any atom is -0.391 e. The zero-order chi connectivity index (χ0) is 52.2. The molecule has 2 aromatic carbocycles. The van der Waals surface area contributed by atoms with E-state index in [-0.39, 0.29) is 73.3 Å². The van der Waals surface area contributed by atoms with Crippen LogP contribution in [-0.4, -0.2) is 104 Å². The lowest BCUT2D eigenvalue weighted by Gasteiger charge is -2.37. The SMILES string of the molecule is Cc1ncsc1-c1ccc([C@@H](C)NC(=O)[C@@H]2C[C@@H](O)CN2C(=O)[C@@H](NC(=O)CCCCCCCNC(=O)CCCC(=O)Nc2cccc(Sc3ncc(N4CCC(C)(N)CC4)nc3N)c2Cl)C(C)(C)C)cc1. The Morgan fingerprint density at radius 1 is 0.931 bits per heavy atom. The van der Waals surface area contributed by atoms with Crippen LogP contribution < -0.4 is 37.6 Å². The molecule has 72 heavy (non-hydrogen) atoms. The van der Waals surface area contributed by atoms with Crippen molar-refractivity contribution in [1.82, 2.24) is 35.8 Å². The second kappa shape index (κ2) is 25.5. The zero-order valence-corrected chi connectivity index (χ0v) is 44.8. The third-order valence-corrected chi connectivity index (χ3v) is 15.8. The molecule has 2 saturated heterocycles. The fourth-order valence-electron chi connectivity index (χ4n) is 8.78. The number of β-amino-alcohol motifs (C(OH)–C–C–N with tert-alkyl or cyclic N) is 1. The summed E-state index contributed by atoms with van der Waals surface area (Å²) in [6.45, 7) is 13.6. The largest absolute Gasteiger partial charge is 0.391 e. The smallest absolute Gasteiger partial charge is 0.246 e. The Morgan fingerprint density at radius 2 is 1.61 bits per heavy atom. The fraction of sp³-hybridized carbons (Fsp3) is 0.538. The lowest BCUT2D eigenvalue weighted by molar-refractivity contribution is -0.144. The molecule has 20 heteroatoms. The molecule has 9 N–H and O–H groups in total. The molecule has 0 saturated carbocycles. The van der Waals surface area contributed by atoms with E-state index in [4.69, 9.17) is 23.1 Å². The number of anilines is 3. The van der Waals surface area contributed by atoms with Crippen LogP contribution in [-0.2, 0) is 24.0 Å². The van der Waals surface area contributed by atoms with Gasteiger partial charge in [-0.2, -0.15) is 0 Å². The lowest BCUT2D eigenvalue weighted by Crippen LogP contribution is -2.57. The van der Waals surface area contributed by atoms with Gasteiger partial charge in [0.15, 0.2) is 5.82 Å². The summed E-state index contributed by atoms with van der Waals surface area (Å²) in [6.07, 6.45) is 7.52. The highest BCUT2D eigenvalue weighted by atomic mass is 35.5. The van der Waals surface area contributed by atoms with E-state index < -0.39 is 29.5 Å². The summed E-state index contributed by atoms with van der Waals surface area (Å²) < 4.78 is 0. The van der Waals surface area contributed by atoms with Crippen molar-refractivity contribution >= 4 is 81.6 Å². The highest BCUT2D eigenvalue weighted by Crippen LogP contribution is 2.39. The van der Waals surface area contributed by atoms with Gasteiger partial charge in [-0.05, 0) is 81.5 Å². The first-order valence-corrected chi connectivity index (χ1v) is 27.0.